The molecule has 0 aliphatic rings. The van der Waals surface area contributed by atoms with Gasteiger partial charge in [0.15, 0.2) is 5.82 Å². The van der Waals surface area contributed by atoms with E-state index >= 15 is 0 Å². The van der Waals surface area contributed by atoms with Gasteiger partial charge in [0, 0.05) is 23.0 Å². The number of nitrogen functional groups attached to an aromatic ring is 1. The molecule has 0 bridgehead atoms. The zero-order valence-electron chi connectivity index (χ0n) is 18.2. The molecule has 3 N–H and O–H groups in total. The first-order valence-corrected chi connectivity index (χ1v) is 10.6. The van der Waals surface area contributed by atoms with E-state index in [-0.39, 0.29) is 12.1 Å². The summed E-state index contributed by atoms with van der Waals surface area (Å²) in [7, 11) is 0. The second-order valence-electron chi connectivity index (χ2n) is 8.24. The average molecular weight is 410 g/mol. The molecular formula is C26H27N5. The van der Waals surface area contributed by atoms with Crippen LogP contribution in [0.25, 0.3) is 21.8 Å². The summed E-state index contributed by atoms with van der Waals surface area (Å²) in [5.41, 5.74) is 12.6. The third-order valence-corrected chi connectivity index (χ3v) is 5.75. The van der Waals surface area contributed by atoms with Crippen molar-refractivity contribution < 1.29 is 0 Å². The zero-order chi connectivity index (χ0) is 22.0. The monoisotopic (exact) mass is 409 g/mol. The number of nitriles is 1. The highest BCUT2D eigenvalue weighted by Crippen LogP contribution is 2.28. The van der Waals surface area contributed by atoms with Crippen LogP contribution in [0.2, 0.25) is 0 Å². The second kappa shape index (κ2) is 8.71. The molecule has 156 valence electrons. The Kier molecular flexibility index (Phi) is 5.83. The Balaban J connectivity index is 1.53. The highest BCUT2D eigenvalue weighted by molar-refractivity contribution is 6.08. The van der Waals surface area contributed by atoms with Crippen LogP contribution in [0.5, 0.6) is 0 Å². The van der Waals surface area contributed by atoms with Crippen molar-refractivity contribution in [2.24, 2.45) is 0 Å². The molecule has 0 amide bonds. The van der Waals surface area contributed by atoms with Gasteiger partial charge in [0.2, 0.25) is 0 Å². The number of pyridine rings is 2. The van der Waals surface area contributed by atoms with Crippen LogP contribution >= 0.6 is 0 Å². The van der Waals surface area contributed by atoms with Gasteiger partial charge in [-0.3, -0.25) is 10.3 Å². The third kappa shape index (κ3) is 4.50. The molecule has 0 aliphatic carbocycles. The van der Waals surface area contributed by atoms with E-state index in [9.17, 15) is 0 Å². The standard InChI is InChI=1S/C26H27N5/c1-16-4-11-22-23-13-20(15-29-25(23)26(28)31-24(22)12-16)6-5-19-7-9-21(10-8-19)18(3)30-17(2)14-27/h4,7-13,15,17-18,30H,5-6H2,1-3H3,(H2,28,31). The number of nitrogens with one attached hydrogen (secondary N) is 1. The molecule has 4 rings (SSSR count). The summed E-state index contributed by atoms with van der Waals surface area (Å²) in [4.78, 5) is 9.14. The van der Waals surface area contributed by atoms with E-state index in [0.29, 0.717) is 5.82 Å². The molecule has 0 spiro atoms. The number of fused-ring (bicyclic) bond motifs is 3. The topological polar surface area (TPSA) is 87.6 Å². The van der Waals surface area contributed by atoms with Crippen molar-refractivity contribution in [1.29, 1.82) is 5.26 Å². The van der Waals surface area contributed by atoms with Gasteiger partial charge in [-0.05, 0) is 68.0 Å². The van der Waals surface area contributed by atoms with E-state index in [4.69, 9.17) is 11.0 Å². The summed E-state index contributed by atoms with van der Waals surface area (Å²) in [6.07, 6.45) is 3.74. The number of nitrogens with two attached hydrogens (primary N) is 1. The largest absolute Gasteiger partial charge is 0.382 e. The summed E-state index contributed by atoms with van der Waals surface area (Å²) in [5, 5.41) is 14.4. The molecule has 2 atom stereocenters. The Bertz CT molecular complexity index is 1270. The molecule has 5 heteroatoms. The molecule has 5 nitrogen and oxygen atoms in total. The number of nitrogens with zero attached hydrogens (tertiary/aromatic N) is 3. The Morgan fingerprint density at radius 3 is 2.48 bits per heavy atom. The van der Waals surface area contributed by atoms with Gasteiger partial charge in [-0.15, -0.1) is 0 Å². The van der Waals surface area contributed by atoms with Gasteiger partial charge in [-0.2, -0.15) is 5.26 Å². The molecule has 2 unspecified atom stereocenters. The number of benzene rings is 2. The lowest BCUT2D eigenvalue weighted by atomic mass is 10.00. The molecule has 0 fully saturated rings. The summed E-state index contributed by atoms with van der Waals surface area (Å²) in [6, 6.07) is 19.3. The molecule has 2 heterocycles. The number of anilines is 1. The van der Waals surface area contributed by atoms with Crippen LogP contribution in [0.1, 0.15) is 42.1 Å². The molecule has 2 aromatic heterocycles. The van der Waals surface area contributed by atoms with Gasteiger partial charge in [-0.25, -0.2) is 4.98 Å². The lowest BCUT2D eigenvalue weighted by Crippen LogP contribution is -2.27. The fourth-order valence-corrected chi connectivity index (χ4v) is 3.97. The van der Waals surface area contributed by atoms with Crippen molar-refractivity contribution in [2.75, 3.05) is 5.73 Å². The van der Waals surface area contributed by atoms with Crippen LogP contribution in [0.4, 0.5) is 5.82 Å². The summed E-state index contributed by atoms with van der Waals surface area (Å²) in [6.45, 7) is 6.01. The highest BCUT2D eigenvalue weighted by atomic mass is 14.9. The van der Waals surface area contributed by atoms with E-state index in [1.54, 1.807) is 0 Å². The molecule has 0 saturated carbocycles. The van der Waals surface area contributed by atoms with Gasteiger partial charge in [0.05, 0.1) is 17.6 Å². The Morgan fingerprint density at radius 2 is 1.74 bits per heavy atom. The molecule has 0 saturated heterocycles. The SMILES string of the molecule is Cc1ccc2c(c1)nc(N)c1ncc(CCc3ccc(C(C)NC(C)C#N)cc3)cc12. The third-order valence-electron chi connectivity index (χ3n) is 5.75. The van der Waals surface area contributed by atoms with Crippen LogP contribution in [-0.2, 0) is 12.8 Å². The van der Waals surface area contributed by atoms with Crippen molar-refractivity contribution in [1.82, 2.24) is 15.3 Å². The van der Waals surface area contributed by atoms with Crippen molar-refractivity contribution in [2.45, 2.75) is 45.7 Å². The average Bonchev–Trinajstić information content (AvgIpc) is 2.77. The van der Waals surface area contributed by atoms with Crippen molar-refractivity contribution in [3.05, 3.63) is 77.0 Å². The van der Waals surface area contributed by atoms with E-state index in [1.165, 1.54) is 16.7 Å². The predicted molar refractivity (Wildman–Crippen MR) is 127 cm³/mol. The first-order valence-electron chi connectivity index (χ1n) is 10.6. The molecule has 4 aromatic rings. The van der Waals surface area contributed by atoms with Gasteiger partial charge in [0.25, 0.3) is 0 Å². The van der Waals surface area contributed by atoms with Gasteiger partial charge >= 0.3 is 0 Å². The van der Waals surface area contributed by atoms with Crippen molar-refractivity contribution in [3.63, 3.8) is 0 Å². The van der Waals surface area contributed by atoms with E-state index in [0.717, 1.165) is 40.2 Å². The minimum atomic E-state index is -0.167. The van der Waals surface area contributed by atoms with Crippen LogP contribution in [-0.4, -0.2) is 16.0 Å². The molecule has 31 heavy (non-hydrogen) atoms. The number of aryl methyl sites for hydroxylation is 3. The van der Waals surface area contributed by atoms with Gasteiger partial charge < -0.3 is 5.73 Å². The summed E-state index contributed by atoms with van der Waals surface area (Å²) >= 11 is 0. The number of hydrogen-bond donors (Lipinski definition) is 2. The maximum absolute atomic E-state index is 8.98. The minimum Gasteiger partial charge on any atom is -0.382 e. The smallest absolute Gasteiger partial charge is 0.150 e. The first kappa shape index (κ1) is 20.8. The lowest BCUT2D eigenvalue weighted by Gasteiger charge is -2.16. The van der Waals surface area contributed by atoms with Crippen LogP contribution in [0, 0.1) is 18.3 Å². The minimum absolute atomic E-state index is 0.143. The van der Waals surface area contributed by atoms with E-state index in [1.807, 2.05) is 13.1 Å². The molecule has 0 radical (unpaired) electrons. The van der Waals surface area contributed by atoms with E-state index in [2.05, 4.69) is 83.7 Å². The zero-order valence-corrected chi connectivity index (χ0v) is 18.2. The Hall–Kier alpha value is -3.49. The maximum atomic E-state index is 8.98. The quantitative estimate of drug-likeness (QED) is 0.437. The van der Waals surface area contributed by atoms with E-state index < -0.39 is 0 Å². The van der Waals surface area contributed by atoms with Crippen LogP contribution in [0.15, 0.2) is 54.7 Å². The van der Waals surface area contributed by atoms with Crippen LogP contribution < -0.4 is 11.1 Å². The lowest BCUT2D eigenvalue weighted by molar-refractivity contribution is 0.543. The maximum Gasteiger partial charge on any atom is 0.150 e. The first-order chi connectivity index (χ1) is 14.9. The van der Waals surface area contributed by atoms with Crippen molar-refractivity contribution in [3.8, 4) is 6.07 Å². The fourth-order valence-electron chi connectivity index (χ4n) is 3.97. The van der Waals surface area contributed by atoms with Crippen molar-refractivity contribution >= 4 is 27.6 Å². The van der Waals surface area contributed by atoms with Crippen LogP contribution in [0.3, 0.4) is 0 Å². The normalized spacial score (nSPS) is 13.2. The second-order valence-corrected chi connectivity index (χ2v) is 8.24. The number of rotatable bonds is 6. The molecular weight excluding hydrogens is 382 g/mol. The number of aromatic nitrogens is 2. The van der Waals surface area contributed by atoms with Gasteiger partial charge in [-0.1, -0.05) is 36.4 Å². The summed E-state index contributed by atoms with van der Waals surface area (Å²) in [5.74, 6) is 0.476. The fraction of sp³-hybridized carbons (Fsp3) is 0.269. The summed E-state index contributed by atoms with van der Waals surface area (Å²) < 4.78 is 0. The highest BCUT2D eigenvalue weighted by Gasteiger charge is 2.10. The Labute approximate surface area is 182 Å². The Morgan fingerprint density at radius 1 is 1.00 bits per heavy atom. The predicted octanol–water partition coefficient (Wildman–Crippen LogP) is 5.02. The molecule has 2 aromatic carbocycles. The number of hydrogen-bond acceptors (Lipinski definition) is 5. The molecule has 0 aliphatic heterocycles. The van der Waals surface area contributed by atoms with Gasteiger partial charge in [0.1, 0.15) is 5.52 Å².